The summed E-state index contributed by atoms with van der Waals surface area (Å²) in [6, 6.07) is 7.92. The summed E-state index contributed by atoms with van der Waals surface area (Å²) in [5.41, 5.74) is 0.906. The third kappa shape index (κ3) is 4.74. The molecule has 2 atom stereocenters. The second kappa shape index (κ2) is 8.37. The van der Waals surface area contributed by atoms with E-state index in [1.807, 2.05) is 24.3 Å². The van der Waals surface area contributed by atoms with E-state index in [1.165, 1.54) is 31.0 Å². The maximum Gasteiger partial charge on any atom is 0.261 e. The molecule has 2 unspecified atom stereocenters. The molecule has 1 aliphatic carbocycles. The first-order chi connectivity index (χ1) is 11.6. The number of thioether (sulfide) groups is 1. The molecule has 2 N–H and O–H groups in total. The minimum absolute atomic E-state index is 0.142. The number of carbonyl (C=O) groups is 1. The number of rotatable bonds is 5. The number of amidine groups is 1. The molecule has 130 valence electrons. The van der Waals surface area contributed by atoms with E-state index in [-0.39, 0.29) is 11.2 Å². The summed E-state index contributed by atoms with van der Waals surface area (Å²) < 4.78 is 0. The summed E-state index contributed by atoms with van der Waals surface area (Å²) in [7, 11) is 0. The van der Waals surface area contributed by atoms with Gasteiger partial charge in [0.25, 0.3) is 5.91 Å². The Morgan fingerprint density at radius 3 is 2.79 bits per heavy atom. The molecule has 24 heavy (non-hydrogen) atoms. The number of aliphatic hydroxyl groups is 1. The number of benzene rings is 1. The molecule has 1 fully saturated rings. The molecular weight excluding hydrogens is 344 g/mol. The SMILES string of the molecule is O=C1N=C(NC2CCCCC2)SC1CC(O)Cc1ccccc1Cl. The van der Waals surface area contributed by atoms with Gasteiger partial charge in [0.2, 0.25) is 0 Å². The van der Waals surface area contributed by atoms with E-state index in [0.29, 0.717) is 23.9 Å². The molecule has 6 heteroatoms. The van der Waals surface area contributed by atoms with Crippen LogP contribution in [0.15, 0.2) is 29.3 Å². The van der Waals surface area contributed by atoms with Crippen LogP contribution in [0.1, 0.15) is 44.1 Å². The van der Waals surface area contributed by atoms with Gasteiger partial charge in [-0.2, -0.15) is 4.99 Å². The van der Waals surface area contributed by atoms with Gasteiger partial charge in [0.15, 0.2) is 5.17 Å². The lowest BCUT2D eigenvalue weighted by atomic mass is 9.96. The molecule has 0 radical (unpaired) electrons. The van der Waals surface area contributed by atoms with Gasteiger partial charge in [-0.15, -0.1) is 0 Å². The Morgan fingerprint density at radius 2 is 2.04 bits per heavy atom. The zero-order valence-corrected chi connectivity index (χ0v) is 15.2. The van der Waals surface area contributed by atoms with Crippen molar-refractivity contribution in [2.45, 2.75) is 62.3 Å². The molecule has 1 aliphatic heterocycles. The lowest BCUT2D eigenvalue weighted by molar-refractivity contribution is -0.117. The summed E-state index contributed by atoms with van der Waals surface area (Å²) in [5, 5.41) is 14.8. The maximum absolute atomic E-state index is 12.1. The van der Waals surface area contributed by atoms with E-state index >= 15 is 0 Å². The average molecular weight is 367 g/mol. The van der Waals surface area contributed by atoms with Gasteiger partial charge in [0.05, 0.1) is 11.4 Å². The van der Waals surface area contributed by atoms with Crippen LogP contribution >= 0.6 is 23.4 Å². The first-order valence-electron chi connectivity index (χ1n) is 8.59. The number of nitrogens with one attached hydrogen (secondary N) is 1. The third-order valence-electron chi connectivity index (χ3n) is 4.57. The number of carbonyl (C=O) groups excluding carboxylic acids is 1. The number of hydrogen-bond donors (Lipinski definition) is 2. The van der Waals surface area contributed by atoms with Crippen LogP contribution in [0.3, 0.4) is 0 Å². The first kappa shape index (κ1) is 17.8. The molecule has 3 rings (SSSR count). The minimum Gasteiger partial charge on any atom is -0.393 e. The zero-order chi connectivity index (χ0) is 16.9. The van der Waals surface area contributed by atoms with Crippen molar-refractivity contribution in [3.8, 4) is 0 Å². The molecule has 1 aromatic rings. The van der Waals surface area contributed by atoms with Crippen LogP contribution in [-0.4, -0.2) is 33.6 Å². The largest absolute Gasteiger partial charge is 0.393 e. The summed E-state index contributed by atoms with van der Waals surface area (Å²) >= 11 is 7.58. The first-order valence-corrected chi connectivity index (χ1v) is 9.85. The lowest BCUT2D eigenvalue weighted by Gasteiger charge is -2.23. The fourth-order valence-corrected chi connectivity index (χ4v) is 4.60. The highest BCUT2D eigenvalue weighted by atomic mass is 35.5. The van der Waals surface area contributed by atoms with Gasteiger partial charge in [0.1, 0.15) is 0 Å². The van der Waals surface area contributed by atoms with Gasteiger partial charge < -0.3 is 10.4 Å². The predicted molar refractivity (Wildman–Crippen MR) is 99.6 cm³/mol. The van der Waals surface area contributed by atoms with E-state index in [0.717, 1.165) is 23.6 Å². The fraction of sp³-hybridized carbons (Fsp3) is 0.556. The Kier molecular flexibility index (Phi) is 6.19. The van der Waals surface area contributed by atoms with Crippen molar-refractivity contribution in [1.29, 1.82) is 0 Å². The van der Waals surface area contributed by atoms with Crippen LogP contribution in [0.4, 0.5) is 0 Å². The second-order valence-electron chi connectivity index (χ2n) is 6.53. The Labute approximate surface area is 152 Å². The van der Waals surface area contributed by atoms with Crippen LogP contribution in [0, 0.1) is 0 Å². The molecular formula is C18H23ClN2O2S. The van der Waals surface area contributed by atoms with Crippen LogP contribution < -0.4 is 5.32 Å². The van der Waals surface area contributed by atoms with Crippen molar-refractivity contribution in [3.05, 3.63) is 34.9 Å². The van der Waals surface area contributed by atoms with E-state index in [2.05, 4.69) is 10.3 Å². The molecule has 1 heterocycles. The number of aliphatic hydroxyl groups excluding tert-OH is 1. The van der Waals surface area contributed by atoms with Gasteiger partial charge in [-0.3, -0.25) is 4.79 Å². The summed E-state index contributed by atoms with van der Waals surface area (Å²) in [6.45, 7) is 0. The number of aliphatic imine (C=N–C) groups is 1. The highest BCUT2D eigenvalue weighted by Gasteiger charge is 2.31. The number of halogens is 1. The van der Waals surface area contributed by atoms with Crippen LogP contribution in [0.25, 0.3) is 0 Å². The Bertz CT molecular complexity index is 617. The van der Waals surface area contributed by atoms with Crippen LogP contribution in [-0.2, 0) is 11.2 Å². The average Bonchev–Trinajstić information content (AvgIpc) is 2.90. The predicted octanol–water partition coefficient (Wildman–Crippen LogP) is 3.55. The monoisotopic (exact) mass is 366 g/mol. The highest BCUT2D eigenvalue weighted by molar-refractivity contribution is 8.15. The second-order valence-corrected chi connectivity index (χ2v) is 8.12. The molecule has 0 saturated heterocycles. The summed E-state index contributed by atoms with van der Waals surface area (Å²) in [6.07, 6.45) is 6.32. The molecule has 1 aromatic carbocycles. The van der Waals surface area contributed by atoms with Crippen molar-refractivity contribution in [3.63, 3.8) is 0 Å². The van der Waals surface area contributed by atoms with Crippen molar-refractivity contribution in [1.82, 2.24) is 5.32 Å². The van der Waals surface area contributed by atoms with Crippen molar-refractivity contribution in [2.75, 3.05) is 0 Å². The molecule has 2 aliphatic rings. The zero-order valence-electron chi connectivity index (χ0n) is 13.6. The third-order valence-corrected chi connectivity index (χ3v) is 6.05. The Morgan fingerprint density at radius 1 is 1.29 bits per heavy atom. The summed E-state index contributed by atoms with van der Waals surface area (Å²) in [4.78, 5) is 16.2. The quantitative estimate of drug-likeness (QED) is 0.836. The highest BCUT2D eigenvalue weighted by Crippen LogP contribution is 2.28. The Hall–Kier alpha value is -1.04. The molecule has 4 nitrogen and oxygen atoms in total. The van der Waals surface area contributed by atoms with Gasteiger partial charge in [0, 0.05) is 11.1 Å². The normalized spacial score (nSPS) is 23.2. The molecule has 0 bridgehead atoms. The maximum atomic E-state index is 12.1. The van der Waals surface area contributed by atoms with Crippen molar-refractivity contribution < 1.29 is 9.90 Å². The van der Waals surface area contributed by atoms with Gasteiger partial charge in [-0.1, -0.05) is 60.8 Å². The standard InChI is InChI=1S/C18H23ClN2O2S/c19-15-9-5-4-6-12(15)10-14(22)11-16-17(23)21-18(24-16)20-13-7-2-1-3-8-13/h4-6,9,13-14,16,22H,1-3,7-8,10-11H2,(H,20,21,23). The van der Waals surface area contributed by atoms with Gasteiger partial charge >= 0.3 is 0 Å². The summed E-state index contributed by atoms with van der Waals surface area (Å²) in [5.74, 6) is -0.142. The van der Waals surface area contributed by atoms with E-state index in [9.17, 15) is 9.90 Å². The Balaban J connectivity index is 1.49. The van der Waals surface area contributed by atoms with Crippen molar-refractivity contribution in [2.24, 2.45) is 4.99 Å². The van der Waals surface area contributed by atoms with Crippen LogP contribution in [0.2, 0.25) is 5.02 Å². The number of hydrogen-bond acceptors (Lipinski definition) is 4. The van der Waals surface area contributed by atoms with Crippen LogP contribution in [0.5, 0.6) is 0 Å². The topological polar surface area (TPSA) is 61.7 Å². The lowest BCUT2D eigenvalue weighted by Crippen LogP contribution is -2.34. The number of nitrogens with zero attached hydrogens (tertiary/aromatic N) is 1. The van der Waals surface area contributed by atoms with Gasteiger partial charge in [-0.25, -0.2) is 0 Å². The fourth-order valence-electron chi connectivity index (χ4n) is 3.27. The van der Waals surface area contributed by atoms with E-state index in [4.69, 9.17) is 11.6 Å². The smallest absolute Gasteiger partial charge is 0.261 e. The van der Waals surface area contributed by atoms with Gasteiger partial charge in [-0.05, 0) is 37.3 Å². The molecule has 0 aromatic heterocycles. The van der Waals surface area contributed by atoms with Crippen molar-refractivity contribution >= 4 is 34.4 Å². The minimum atomic E-state index is -0.601. The number of amides is 1. The molecule has 1 saturated carbocycles. The van der Waals surface area contributed by atoms with E-state index in [1.54, 1.807) is 0 Å². The molecule has 1 amide bonds. The van der Waals surface area contributed by atoms with E-state index < -0.39 is 6.10 Å². The molecule has 0 spiro atoms.